The molecule has 2 N–H and O–H groups in total. The maximum absolute atomic E-state index is 12.3. The number of hydrogen-bond donors (Lipinski definition) is 2. The molecule has 0 fully saturated rings. The van der Waals surface area contributed by atoms with Crippen molar-refractivity contribution < 1.29 is 31.9 Å². The molecule has 2 heterocycles. The maximum atomic E-state index is 12.3. The van der Waals surface area contributed by atoms with Crippen LogP contribution in [0, 0.1) is 0 Å². The highest BCUT2D eigenvalue weighted by molar-refractivity contribution is 7.85. The van der Waals surface area contributed by atoms with E-state index in [0.29, 0.717) is 13.0 Å². The maximum Gasteiger partial charge on any atom is 0.426 e. The van der Waals surface area contributed by atoms with Crippen LogP contribution in [0.3, 0.4) is 0 Å². The number of carbonyl (C=O) groups excluding carboxylic acids is 2. The van der Waals surface area contributed by atoms with Gasteiger partial charge in [-0.1, -0.05) is 51.5 Å². The van der Waals surface area contributed by atoms with E-state index in [1.54, 1.807) is 26.8 Å². The number of allylic oxidation sites excluding steroid dienone is 4. The minimum atomic E-state index is -4.62. The van der Waals surface area contributed by atoms with Crippen molar-refractivity contribution in [2.45, 2.75) is 109 Å². The van der Waals surface area contributed by atoms with Crippen LogP contribution in [0.25, 0.3) is 0 Å². The van der Waals surface area contributed by atoms with E-state index in [1.165, 1.54) is 29.1 Å². The van der Waals surface area contributed by atoms with Gasteiger partial charge in [0.2, 0.25) is 11.6 Å². The predicted octanol–water partition coefficient (Wildman–Crippen LogP) is 6.73. The summed E-state index contributed by atoms with van der Waals surface area (Å²) in [6.45, 7) is 17.5. The first-order valence-corrected chi connectivity index (χ1v) is 18.1. The van der Waals surface area contributed by atoms with E-state index in [9.17, 15) is 22.6 Å². The lowest BCUT2D eigenvalue weighted by Crippen LogP contribution is -2.44. The summed E-state index contributed by atoms with van der Waals surface area (Å²) in [4.78, 5) is 26.0. The van der Waals surface area contributed by atoms with E-state index >= 15 is 0 Å². The largest absolute Gasteiger partial charge is 0.744 e. The summed E-state index contributed by atoms with van der Waals surface area (Å²) in [6.07, 6.45) is 8.99. The number of hydrazine groups is 1. The average Bonchev–Trinajstić information content (AvgIpc) is 3.33. The summed E-state index contributed by atoms with van der Waals surface area (Å²) in [5, 5.41) is 0. The van der Waals surface area contributed by atoms with Crippen molar-refractivity contribution in [3.63, 3.8) is 0 Å². The smallest absolute Gasteiger partial charge is 0.426 e. The van der Waals surface area contributed by atoms with Gasteiger partial charge in [0.15, 0.2) is 5.71 Å². The van der Waals surface area contributed by atoms with Crippen molar-refractivity contribution in [1.29, 1.82) is 0 Å². The Hall–Kier alpha value is -3.96. The van der Waals surface area contributed by atoms with Gasteiger partial charge < -0.3 is 14.2 Å². The molecule has 0 atom stereocenters. The van der Waals surface area contributed by atoms with Gasteiger partial charge in [0.05, 0.1) is 10.3 Å². The third-order valence-corrected chi connectivity index (χ3v) is 9.73. The molecule has 2 aliphatic heterocycles. The van der Waals surface area contributed by atoms with E-state index in [1.807, 2.05) is 13.8 Å². The van der Waals surface area contributed by atoms with Gasteiger partial charge in [-0.05, 0) is 77.3 Å². The molecule has 2 aromatic rings. The number of ether oxygens (including phenoxy) is 1. The summed E-state index contributed by atoms with van der Waals surface area (Å²) in [7, 11) is -4.62. The summed E-state index contributed by atoms with van der Waals surface area (Å²) < 4.78 is 43.4. The fourth-order valence-corrected chi connectivity index (χ4v) is 7.10. The fraction of sp³-hybridized carbons (Fsp3) is 0.486. The lowest BCUT2D eigenvalue weighted by atomic mass is 9.81. The monoisotopic (exact) mass is 678 g/mol. The van der Waals surface area contributed by atoms with Crippen LogP contribution in [0.15, 0.2) is 71.3 Å². The van der Waals surface area contributed by atoms with Gasteiger partial charge in [0.25, 0.3) is 0 Å². The second-order valence-electron chi connectivity index (χ2n) is 14.5. The van der Waals surface area contributed by atoms with Crippen LogP contribution in [-0.2, 0) is 30.5 Å². The summed E-state index contributed by atoms with van der Waals surface area (Å²) in [5.74, 6) is -0.308. The molecule has 0 aliphatic carbocycles. The molecule has 0 bridgehead atoms. The van der Waals surface area contributed by atoms with Crippen molar-refractivity contribution in [3.05, 3.63) is 77.5 Å². The quantitative estimate of drug-likeness (QED) is 0.117. The topological polar surface area (TPSA) is 131 Å². The minimum absolute atomic E-state index is 0.180. The molecule has 2 aliphatic rings. The van der Waals surface area contributed by atoms with Crippen molar-refractivity contribution in [1.82, 2.24) is 10.9 Å². The number of rotatable bonds is 11. The number of unbranched alkanes of at least 4 members (excludes halogenated alkanes) is 2. The van der Waals surface area contributed by atoms with E-state index in [0.717, 1.165) is 42.8 Å². The number of benzene rings is 2. The Morgan fingerprint density at radius 2 is 1.69 bits per heavy atom. The third kappa shape index (κ3) is 8.18. The molecular formula is C37H50N4O6S. The van der Waals surface area contributed by atoms with Gasteiger partial charge in [-0.15, -0.1) is 0 Å². The van der Waals surface area contributed by atoms with E-state index in [-0.39, 0.29) is 22.6 Å². The van der Waals surface area contributed by atoms with Crippen LogP contribution in [-0.4, -0.2) is 53.9 Å². The highest BCUT2D eigenvalue weighted by Gasteiger charge is 2.44. The number of carbonyl (C=O) groups is 2. The molecule has 0 unspecified atom stereocenters. The Balaban J connectivity index is 1.54. The highest BCUT2D eigenvalue weighted by Crippen LogP contribution is 2.48. The Labute approximate surface area is 285 Å². The number of amides is 2. The van der Waals surface area contributed by atoms with Gasteiger partial charge in [-0.3, -0.25) is 10.2 Å². The molecule has 0 spiro atoms. The van der Waals surface area contributed by atoms with Gasteiger partial charge in [0.1, 0.15) is 22.3 Å². The van der Waals surface area contributed by atoms with E-state index < -0.39 is 27.2 Å². The van der Waals surface area contributed by atoms with E-state index in [2.05, 4.69) is 83.6 Å². The Morgan fingerprint density at radius 1 is 0.979 bits per heavy atom. The average molecular weight is 679 g/mol. The van der Waals surface area contributed by atoms with Crippen molar-refractivity contribution in [2.75, 3.05) is 18.0 Å². The number of hydrogen-bond acceptors (Lipinski definition) is 7. The van der Waals surface area contributed by atoms with Crippen LogP contribution in [0.2, 0.25) is 0 Å². The first kappa shape index (κ1) is 36.9. The zero-order valence-corrected chi connectivity index (χ0v) is 30.3. The molecule has 0 aromatic heterocycles. The number of nitrogens with one attached hydrogen (secondary N) is 2. The van der Waals surface area contributed by atoms with Gasteiger partial charge in [0, 0.05) is 53.9 Å². The minimum Gasteiger partial charge on any atom is -0.744 e. The first-order valence-electron chi connectivity index (χ1n) is 16.7. The molecule has 0 radical (unpaired) electrons. The number of anilines is 1. The van der Waals surface area contributed by atoms with Gasteiger partial charge >= 0.3 is 6.09 Å². The number of nitrogens with zero attached hydrogens (tertiary/aromatic N) is 2. The molecule has 11 heteroatoms. The first-order chi connectivity index (χ1) is 22.4. The number of fused-ring (bicyclic) bond motifs is 2. The van der Waals surface area contributed by atoms with Crippen LogP contribution in [0.1, 0.15) is 98.6 Å². The van der Waals surface area contributed by atoms with Crippen molar-refractivity contribution >= 4 is 39.2 Å². The molecule has 0 saturated heterocycles. The SMILES string of the molecule is CCC[N+]1=C(/C=C/C=C2/N(CCCCCC(=O)NNC(=O)OC(C)(C)C)c3ccc(S(=O)(=O)[O-])cc3C2(C)C)C(C)(C)c2ccccc21. The zero-order chi connectivity index (χ0) is 35.5. The lowest BCUT2D eigenvalue weighted by Gasteiger charge is -2.27. The molecule has 4 rings (SSSR count). The Bertz CT molecular complexity index is 1750. The molecule has 48 heavy (non-hydrogen) atoms. The molecule has 260 valence electrons. The highest BCUT2D eigenvalue weighted by atomic mass is 32.2. The molecule has 2 amide bonds. The standard InChI is InChI=1S/C37H50N4O6S/c1-9-23-40-29-17-13-12-16-27(29)36(5,6)31(40)18-15-19-32-37(7,8)28-25-26(48(44,45)46)21-22-30(28)41(32)24-14-10-11-20-33(42)38-39-34(43)47-35(2,3)4/h12-13,15-19,21-22,25H,9-11,14,20,23-24H2,1-8H3,(H2-,38,39,42,43,44,45,46). The fourth-order valence-electron chi connectivity index (χ4n) is 6.61. The lowest BCUT2D eigenvalue weighted by molar-refractivity contribution is -0.437. The van der Waals surface area contributed by atoms with E-state index in [4.69, 9.17) is 4.74 Å². The zero-order valence-electron chi connectivity index (χ0n) is 29.5. The van der Waals surface area contributed by atoms with Gasteiger partial charge in [-0.25, -0.2) is 18.6 Å². The second kappa shape index (κ2) is 14.3. The van der Waals surface area contributed by atoms with Crippen LogP contribution in [0.5, 0.6) is 0 Å². The number of para-hydroxylation sites is 1. The summed E-state index contributed by atoms with van der Waals surface area (Å²) in [5.41, 5.74) is 9.60. The molecule has 10 nitrogen and oxygen atoms in total. The predicted molar refractivity (Wildman–Crippen MR) is 188 cm³/mol. The molecule has 0 saturated carbocycles. The Kier molecular flexibility index (Phi) is 11.0. The van der Waals surface area contributed by atoms with Crippen LogP contribution < -0.4 is 15.8 Å². The van der Waals surface area contributed by atoms with Crippen molar-refractivity contribution in [2.24, 2.45) is 0 Å². The van der Waals surface area contributed by atoms with Gasteiger partial charge in [-0.2, -0.15) is 4.58 Å². The molecular weight excluding hydrogens is 628 g/mol. The normalized spacial score (nSPS) is 17.5. The Morgan fingerprint density at radius 3 is 2.35 bits per heavy atom. The van der Waals surface area contributed by atoms with Crippen LogP contribution in [0.4, 0.5) is 16.2 Å². The third-order valence-electron chi connectivity index (χ3n) is 8.90. The molecule has 2 aromatic carbocycles. The summed E-state index contributed by atoms with van der Waals surface area (Å²) >= 11 is 0. The van der Waals surface area contributed by atoms with Crippen LogP contribution >= 0.6 is 0 Å². The summed E-state index contributed by atoms with van der Waals surface area (Å²) in [6, 6.07) is 13.1. The van der Waals surface area contributed by atoms with Crippen molar-refractivity contribution in [3.8, 4) is 0 Å². The second-order valence-corrected chi connectivity index (χ2v) is 15.9.